The normalized spacial score (nSPS) is 15.0. The van der Waals surface area contributed by atoms with Crippen LogP contribution in [0.2, 0.25) is 0 Å². The Morgan fingerprint density at radius 1 is 1.15 bits per heavy atom. The highest BCUT2D eigenvalue weighted by molar-refractivity contribution is 8.77. The lowest BCUT2D eigenvalue weighted by molar-refractivity contribution is -0.134. The Labute approximate surface area is 85.4 Å². The van der Waals surface area contributed by atoms with E-state index < -0.39 is 12.6 Å². The Hall–Kier alpha value is 0.490. The van der Waals surface area contributed by atoms with Crippen molar-refractivity contribution >= 4 is 21.6 Å². The Kier molecular flexibility index (Phi) is 6.29. The second-order valence-corrected chi connectivity index (χ2v) is 6.24. The number of hydrogen-bond donors (Lipinski definition) is 0. The van der Waals surface area contributed by atoms with Crippen molar-refractivity contribution in [2.75, 3.05) is 0 Å². The van der Waals surface area contributed by atoms with Gasteiger partial charge >= 0.3 is 6.18 Å². The highest BCUT2D eigenvalue weighted by atomic mass is 33.1. The third-order valence-corrected chi connectivity index (χ3v) is 4.87. The quantitative estimate of drug-likeness (QED) is 0.640. The molecule has 0 aliphatic rings. The summed E-state index contributed by atoms with van der Waals surface area (Å²) in [5.41, 5.74) is 0. The van der Waals surface area contributed by atoms with E-state index in [1.54, 1.807) is 6.92 Å². The summed E-state index contributed by atoms with van der Waals surface area (Å²) < 4.78 is 36.0. The lowest BCUT2D eigenvalue weighted by atomic mass is 10.2. The summed E-state index contributed by atoms with van der Waals surface area (Å²) >= 11 is 0. The maximum absolute atomic E-state index is 12.0. The second-order valence-electron chi connectivity index (χ2n) is 3.09. The maximum Gasteiger partial charge on any atom is 0.390 e. The topological polar surface area (TPSA) is 0 Å². The van der Waals surface area contributed by atoms with Gasteiger partial charge < -0.3 is 0 Å². The van der Waals surface area contributed by atoms with Gasteiger partial charge in [0, 0.05) is 10.5 Å². The van der Waals surface area contributed by atoms with E-state index in [2.05, 4.69) is 0 Å². The van der Waals surface area contributed by atoms with Crippen molar-refractivity contribution in [2.24, 2.45) is 0 Å². The van der Waals surface area contributed by atoms with Crippen LogP contribution in [0, 0.1) is 0 Å². The zero-order valence-electron chi connectivity index (χ0n) is 8.02. The minimum Gasteiger partial charge on any atom is -0.171 e. The summed E-state index contributed by atoms with van der Waals surface area (Å²) in [6, 6.07) is 0. The molecular weight excluding hydrogens is 217 g/mol. The maximum atomic E-state index is 12.0. The van der Waals surface area contributed by atoms with Gasteiger partial charge in [-0.25, -0.2) is 0 Å². The molecule has 0 rings (SSSR count). The van der Waals surface area contributed by atoms with Gasteiger partial charge in [0.05, 0.1) is 6.42 Å². The second kappa shape index (κ2) is 6.06. The number of alkyl halides is 3. The molecule has 0 nitrogen and oxygen atoms in total. The van der Waals surface area contributed by atoms with Crippen molar-refractivity contribution in [3.05, 3.63) is 0 Å². The van der Waals surface area contributed by atoms with Crippen LogP contribution in [-0.2, 0) is 0 Å². The van der Waals surface area contributed by atoms with E-state index >= 15 is 0 Å². The van der Waals surface area contributed by atoms with E-state index in [0.717, 1.165) is 0 Å². The molecule has 1 atom stereocenters. The Morgan fingerprint density at radius 3 is 2.00 bits per heavy atom. The van der Waals surface area contributed by atoms with Crippen LogP contribution >= 0.6 is 21.6 Å². The van der Waals surface area contributed by atoms with Crippen LogP contribution in [-0.4, -0.2) is 16.7 Å². The summed E-state index contributed by atoms with van der Waals surface area (Å²) in [6.45, 7) is 5.76. The molecule has 0 saturated carbocycles. The van der Waals surface area contributed by atoms with Crippen LogP contribution in [0.25, 0.3) is 0 Å². The van der Waals surface area contributed by atoms with Gasteiger partial charge in [0.25, 0.3) is 0 Å². The van der Waals surface area contributed by atoms with E-state index in [1.165, 1.54) is 21.6 Å². The predicted molar refractivity (Wildman–Crippen MR) is 55.1 cm³/mol. The van der Waals surface area contributed by atoms with Crippen LogP contribution in [0.15, 0.2) is 0 Å². The lowest BCUT2D eigenvalue weighted by Crippen LogP contribution is -2.15. The van der Waals surface area contributed by atoms with Crippen LogP contribution in [0.5, 0.6) is 0 Å². The SMILES string of the molecule is CC[C@H](CC(F)(F)F)SSC(C)C. The van der Waals surface area contributed by atoms with E-state index in [1.807, 2.05) is 13.8 Å². The molecule has 0 unspecified atom stereocenters. The fourth-order valence-electron chi connectivity index (χ4n) is 0.694. The molecule has 0 aromatic carbocycles. The molecule has 13 heavy (non-hydrogen) atoms. The summed E-state index contributed by atoms with van der Waals surface area (Å²) in [4.78, 5) is 0. The Bertz CT molecular complexity index is 134. The molecule has 0 aromatic heterocycles. The van der Waals surface area contributed by atoms with Crippen LogP contribution in [0.3, 0.4) is 0 Å². The van der Waals surface area contributed by atoms with Gasteiger partial charge in [-0.2, -0.15) is 13.2 Å². The van der Waals surface area contributed by atoms with Gasteiger partial charge in [-0.3, -0.25) is 0 Å². The van der Waals surface area contributed by atoms with E-state index in [4.69, 9.17) is 0 Å². The molecule has 0 aliphatic carbocycles. The van der Waals surface area contributed by atoms with Crippen molar-refractivity contribution in [1.29, 1.82) is 0 Å². The Balaban J connectivity index is 3.76. The molecule has 0 spiro atoms. The average Bonchev–Trinajstić information content (AvgIpc) is 1.95. The van der Waals surface area contributed by atoms with Gasteiger partial charge in [-0.1, -0.05) is 42.4 Å². The molecule has 0 aromatic rings. The molecule has 0 N–H and O–H groups in total. The molecule has 0 amide bonds. The molecule has 0 fully saturated rings. The fourth-order valence-corrected chi connectivity index (χ4v) is 3.22. The first-order valence-corrected chi connectivity index (χ1v) is 6.51. The van der Waals surface area contributed by atoms with Crippen LogP contribution in [0.1, 0.15) is 33.6 Å². The summed E-state index contributed by atoms with van der Waals surface area (Å²) in [5.74, 6) is 0. The molecule has 0 saturated heterocycles. The van der Waals surface area contributed by atoms with Gasteiger partial charge in [0.15, 0.2) is 0 Å². The largest absolute Gasteiger partial charge is 0.390 e. The van der Waals surface area contributed by atoms with E-state index in [0.29, 0.717) is 11.7 Å². The zero-order chi connectivity index (χ0) is 10.5. The summed E-state index contributed by atoms with van der Waals surface area (Å²) in [7, 11) is 2.87. The van der Waals surface area contributed by atoms with E-state index in [9.17, 15) is 13.2 Å². The first kappa shape index (κ1) is 13.5. The molecule has 0 bridgehead atoms. The highest BCUT2D eigenvalue weighted by Crippen LogP contribution is 2.37. The summed E-state index contributed by atoms with van der Waals surface area (Å²) in [5, 5.41) is 0.0830. The molecule has 5 heteroatoms. The van der Waals surface area contributed by atoms with Crippen molar-refractivity contribution in [1.82, 2.24) is 0 Å². The van der Waals surface area contributed by atoms with Crippen molar-refractivity contribution in [3.63, 3.8) is 0 Å². The van der Waals surface area contributed by atoms with Crippen LogP contribution in [0.4, 0.5) is 13.2 Å². The highest BCUT2D eigenvalue weighted by Gasteiger charge is 2.31. The predicted octanol–water partition coefficient (Wildman–Crippen LogP) is 4.51. The van der Waals surface area contributed by atoms with Crippen LogP contribution < -0.4 is 0 Å². The first-order chi connectivity index (χ1) is 5.85. The monoisotopic (exact) mass is 232 g/mol. The van der Waals surface area contributed by atoms with E-state index in [-0.39, 0.29) is 5.25 Å². The lowest BCUT2D eigenvalue weighted by Gasteiger charge is -2.16. The van der Waals surface area contributed by atoms with Gasteiger partial charge in [0.2, 0.25) is 0 Å². The smallest absolute Gasteiger partial charge is 0.171 e. The fraction of sp³-hybridized carbons (Fsp3) is 1.00. The average molecular weight is 232 g/mol. The molecule has 0 aliphatic heterocycles. The van der Waals surface area contributed by atoms with Gasteiger partial charge in [-0.05, 0) is 6.42 Å². The van der Waals surface area contributed by atoms with Crippen molar-refractivity contribution in [3.8, 4) is 0 Å². The molecule has 80 valence electrons. The third kappa shape index (κ3) is 8.81. The van der Waals surface area contributed by atoms with Gasteiger partial charge in [0.1, 0.15) is 0 Å². The van der Waals surface area contributed by atoms with Crippen molar-refractivity contribution in [2.45, 2.75) is 50.3 Å². The minimum atomic E-state index is -4.02. The molecule has 0 heterocycles. The molecular formula is C8H15F3S2. The standard InChI is InChI=1S/C8H15F3S2/c1-4-7(5-8(9,10)11)13-12-6(2)3/h6-7H,4-5H2,1-3H3/t7-/m1/s1. The molecule has 0 radical (unpaired) electrons. The number of hydrogen-bond acceptors (Lipinski definition) is 2. The number of rotatable bonds is 5. The van der Waals surface area contributed by atoms with Gasteiger partial charge in [-0.15, -0.1) is 0 Å². The number of halogens is 3. The minimum absolute atomic E-state index is 0.299. The Morgan fingerprint density at radius 2 is 1.69 bits per heavy atom. The summed E-state index contributed by atoms with van der Waals surface area (Å²) in [6.07, 6.45) is -4.12. The first-order valence-electron chi connectivity index (χ1n) is 4.24. The zero-order valence-corrected chi connectivity index (χ0v) is 9.65. The van der Waals surface area contributed by atoms with Crippen molar-refractivity contribution < 1.29 is 13.2 Å². The third-order valence-electron chi connectivity index (χ3n) is 1.30.